The predicted octanol–water partition coefficient (Wildman–Crippen LogP) is 6.95. The Labute approximate surface area is 262 Å². The standard InChI is InChI=1S/C24H20N4O.2C6H5.ClH.Sn/c25-24(29)28-27-21(17-9-3-1-4-10-17)16-15-20-19-13-7-8-14-22(19)26-23(20)18-11-5-2-6-12-18;2*1-2-4-6-5-3-1;;/h1-16,26H,(H3,25,28,29);2*1-5H;1H;/q;;;;+1/p-1/b16-15+,27-21-;;;;. The van der Waals surface area contributed by atoms with Crippen molar-refractivity contribution in [3.8, 4) is 11.3 Å². The monoisotopic (exact) mass is 689 g/mol. The SMILES string of the molecule is NC(=O)N/N=C(/C=C/c1c(-c2ccccc2)[nH]c2ccccc12)c1ccccc1.[Cl][Sn]([c]1ccccc1)[c]1ccccc1. The summed E-state index contributed by atoms with van der Waals surface area (Å²) in [4.78, 5) is 14.7. The Balaban J connectivity index is 0.000000220. The van der Waals surface area contributed by atoms with E-state index in [-0.39, 0.29) is 0 Å². The second-order valence-corrected chi connectivity index (χ2v) is 17.2. The van der Waals surface area contributed by atoms with Crippen LogP contribution in [0.25, 0.3) is 28.2 Å². The zero-order valence-electron chi connectivity index (χ0n) is 23.3. The average molecular weight is 689 g/mol. The van der Waals surface area contributed by atoms with E-state index in [1.54, 1.807) is 0 Å². The number of amides is 2. The van der Waals surface area contributed by atoms with E-state index in [9.17, 15) is 4.79 Å². The van der Waals surface area contributed by atoms with Crippen molar-refractivity contribution in [2.24, 2.45) is 10.8 Å². The van der Waals surface area contributed by atoms with Crippen LogP contribution in [0.1, 0.15) is 11.1 Å². The molecule has 0 saturated heterocycles. The first-order valence-electron chi connectivity index (χ1n) is 13.8. The first kappa shape index (κ1) is 29.9. The van der Waals surface area contributed by atoms with E-state index in [1.807, 2.05) is 84.9 Å². The van der Waals surface area contributed by atoms with E-state index in [2.05, 4.69) is 88.3 Å². The number of hydrogen-bond donors (Lipinski definition) is 3. The molecule has 6 rings (SSSR count). The van der Waals surface area contributed by atoms with Crippen LogP contribution in [0.2, 0.25) is 0 Å². The number of aromatic nitrogens is 1. The summed E-state index contributed by atoms with van der Waals surface area (Å²) in [7, 11) is 6.53. The van der Waals surface area contributed by atoms with Gasteiger partial charge in [-0.15, -0.1) is 0 Å². The third kappa shape index (κ3) is 8.03. The number of aromatic amines is 1. The molecule has 6 aromatic rings. The molecule has 0 atom stereocenters. The minimum atomic E-state index is -2.03. The van der Waals surface area contributed by atoms with Crippen LogP contribution in [0, 0.1) is 0 Å². The van der Waals surface area contributed by atoms with Crippen molar-refractivity contribution in [3.63, 3.8) is 0 Å². The van der Waals surface area contributed by atoms with Crippen LogP contribution in [-0.2, 0) is 0 Å². The van der Waals surface area contributed by atoms with E-state index in [4.69, 9.17) is 14.7 Å². The van der Waals surface area contributed by atoms with Crippen molar-refractivity contribution >= 4 is 63.4 Å². The van der Waals surface area contributed by atoms with Crippen LogP contribution in [0.5, 0.6) is 0 Å². The van der Waals surface area contributed by atoms with Gasteiger partial charge in [0.2, 0.25) is 0 Å². The third-order valence-electron chi connectivity index (χ3n) is 6.63. The number of primary amides is 1. The Kier molecular flexibility index (Phi) is 10.5. The average Bonchev–Trinajstić information content (AvgIpc) is 3.45. The Morgan fingerprint density at radius 1 is 0.721 bits per heavy atom. The summed E-state index contributed by atoms with van der Waals surface area (Å²) < 4.78 is 2.67. The number of halogens is 1. The Hall–Kier alpha value is -4.59. The van der Waals surface area contributed by atoms with Gasteiger partial charge >= 0.3 is 101 Å². The van der Waals surface area contributed by atoms with Crippen molar-refractivity contribution in [1.82, 2.24) is 10.4 Å². The summed E-state index contributed by atoms with van der Waals surface area (Å²) in [5.74, 6) is 0. The summed E-state index contributed by atoms with van der Waals surface area (Å²) in [5.41, 5.74) is 13.2. The number of fused-ring (bicyclic) bond motifs is 1. The summed E-state index contributed by atoms with van der Waals surface area (Å²) >= 11 is -2.03. The molecule has 2 amide bonds. The summed E-state index contributed by atoms with van der Waals surface area (Å²) in [6.45, 7) is 0. The van der Waals surface area contributed by atoms with Crippen molar-refractivity contribution in [3.05, 3.63) is 163 Å². The number of urea groups is 1. The zero-order chi connectivity index (χ0) is 29.9. The Bertz CT molecular complexity index is 1780. The van der Waals surface area contributed by atoms with Gasteiger partial charge in [0.25, 0.3) is 0 Å². The Morgan fingerprint density at radius 3 is 1.81 bits per heavy atom. The van der Waals surface area contributed by atoms with Crippen LogP contribution in [-0.4, -0.2) is 35.4 Å². The number of nitrogens with one attached hydrogen (secondary N) is 2. The van der Waals surface area contributed by atoms with Gasteiger partial charge in [-0.25, -0.2) is 10.2 Å². The third-order valence-corrected chi connectivity index (χ3v) is 14.4. The number of nitrogens with two attached hydrogens (primary N) is 1. The topological polar surface area (TPSA) is 83.3 Å². The number of rotatable bonds is 7. The molecule has 211 valence electrons. The molecule has 4 N–H and O–H groups in total. The molecule has 5 nitrogen and oxygen atoms in total. The summed E-state index contributed by atoms with van der Waals surface area (Å²) in [5, 5.41) is 5.28. The second-order valence-electron chi connectivity index (χ2n) is 9.54. The fourth-order valence-electron chi connectivity index (χ4n) is 4.59. The molecule has 0 aliphatic carbocycles. The van der Waals surface area contributed by atoms with Gasteiger partial charge in [-0.1, -0.05) is 78.9 Å². The molecular formula is C36H30ClN4OSn. The molecule has 0 bridgehead atoms. The number of hydrogen-bond acceptors (Lipinski definition) is 2. The molecule has 0 spiro atoms. The van der Waals surface area contributed by atoms with Crippen molar-refractivity contribution in [2.75, 3.05) is 0 Å². The van der Waals surface area contributed by atoms with E-state index in [1.165, 1.54) is 7.16 Å². The molecule has 0 fully saturated rings. The molecular weight excluding hydrogens is 659 g/mol. The van der Waals surface area contributed by atoms with Gasteiger partial charge in [0.15, 0.2) is 0 Å². The Morgan fingerprint density at radius 2 is 1.23 bits per heavy atom. The summed E-state index contributed by atoms with van der Waals surface area (Å²) in [6, 6.07) is 48.1. The zero-order valence-corrected chi connectivity index (χ0v) is 26.9. The van der Waals surface area contributed by atoms with Crippen LogP contribution >= 0.6 is 8.92 Å². The quantitative estimate of drug-likeness (QED) is 0.0947. The normalized spacial score (nSPS) is 11.3. The van der Waals surface area contributed by atoms with Crippen LogP contribution in [0.15, 0.2) is 157 Å². The second kappa shape index (κ2) is 15.0. The van der Waals surface area contributed by atoms with Crippen molar-refractivity contribution < 1.29 is 4.79 Å². The number of allylic oxidation sites excluding steroid dienone is 1. The van der Waals surface area contributed by atoms with Crippen molar-refractivity contribution in [2.45, 2.75) is 0 Å². The molecule has 43 heavy (non-hydrogen) atoms. The number of benzene rings is 5. The first-order chi connectivity index (χ1) is 21.1. The van der Waals surface area contributed by atoms with Gasteiger partial charge in [-0.2, -0.15) is 5.10 Å². The van der Waals surface area contributed by atoms with E-state index in [0.717, 1.165) is 33.3 Å². The van der Waals surface area contributed by atoms with Gasteiger partial charge in [0.05, 0.1) is 11.4 Å². The van der Waals surface area contributed by atoms with Gasteiger partial charge in [0, 0.05) is 22.0 Å². The number of hydrazone groups is 1. The molecule has 0 aliphatic rings. The maximum absolute atomic E-state index is 11.2. The van der Waals surface area contributed by atoms with Gasteiger partial charge in [-0.3, -0.25) is 0 Å². The van der Waals surface area contributed by atoms with Crippen LogP contribution in [0.3, 0.4) is 0 Å². The fourth-order valence-corrected chi connectivity index (χ4v) is 10.0. The number of carbonyl (C=O) groups is 1. The van der Waals surface area contributed by atoms with Crippen LogP contribution in [0.4, 0.5) is 4.79 Å². The van der Waals surface area contributed by atoms with E-state index >= 15 is 0 Å². The molecule has 0 unspecified atom stereocenters. The minimum absolute atomic E-state index is 0.605. The maximum atomic E-state index is 11.2. The molecule has 0 aliphatic heterocycles. The van der Waals surface area contributed by atoms with Gasteiger partial charge < -0.3 is 10.7 Å². The predicted molar refractivity (Wildman–Crippen MR) is 182 cm³/mol. The molecule has 1 radical (unpaired) electrons. The molecule has 1 heterocycles. The summed E-state index contributed by atoms with van der Waals surface area (Å²) in [6.07, 6.45) is 3.89. The molecule has 7 heteroatoms. The molecule has 5 aromatic carbocycles. The number of nitrogens with zero attached hydrogens (tertiary/aromatic N) is 1. The number of para-hydroxylation sites is 1. The van der Waals surface area contributed by atoms with E-state index < -0.39 is 24.7 Å². The van der Waals surface area contributed by atoms with Gasteiger partial charge in [-0.05, 0) is 23.8 Å². The van der Waals surface area contributed by atoms with Gasteiger partial charge in [0.1, 0.15) is 0 Å². The first-order valence-corrected chi connectivity index (χ1v) is 20.2. The van der Waals surface area contributed by atoms with Crippen molar-refractivity contribution in [1.29, 1.82) is 0 Å². The van der Waals surface area contributed by atoms with E-state index in [0.29, 0.717) is 5.71 Å². The fraction of sp³-hybridized carbons (Fsp3) is 0. The molecule has 0 saturated carbocycles. The van der Waals surface area contributed by atoms with Crippen LogP contribution < -0.4 is 18.3 Å². The number of H-pyrrole nitrogens is 1. The molecule has 1 aromatic heterocycles. The number of carbonyl (C=O) groups excluding carboxylic acids is 1.